The number of hydrogen-bond acceptors (Lipinski definition) is 7. The summed E-state index contributed by atoms with van der Waals surface area (Å²) in [5.74, 6) is -1.91. The highest BCUT2D eigenvalue weighted by molar-refractivity contribution is 7.90. The molecule has 0 saturated heterocycles. The fraction of sp³-hybridized carbons (Fsp3) is 0.391. The van der Waals surface area contributed by atoms with Gasteiger partial charge in [0, 0.05) is 17.8 Å². The molecule has 3 rings (SSSR count). The van der Waals surface area contributed by atoms with Crippen molar-refractivity contribution in [2.75, 3.05) is 0 Å². The van der Waals surface area contributed by atoms with Crippen molar-refractivity contribution in [1.82, 2.24) is 15.0 Å². The lowest BCUT2D eigenvalue weighted by Crippen LogP contribution is -2.36. The highest BCUT2D eigenvalue weighted by Crippen LogP contribution is 2.19. The maximum absolute atomic E-state index is 12.7. The largest absolute Gasteiger partial charge is 0.458 e. The predicted octanol–water partition coefficient (Wildman–Crippen LogP) is 2.83. The first-order valence-electron chi connectivity index (χ1n) is 10.8. The zero-order valence-electron chi connectivity index (χ0n) is 18.5. The van der Waals surface area contributed by atoms with Crippen LogP contribution >= 0.6 is 0 Å². The molecule has 0 unspecified atom stereocenters. The molecule has 1 heterocycles. The van der Waals surface area contributed by atoms with Gasteiger partial charge in [-0.3, -0.25) is 9.59 Å². The second kappa shape index (κ2) is 10.6. The number of amides is 2. The van der Waals surface area contributed by atoms with Crippen molar-refractivity contribution in [3.63, 3.8) is 0 Å². The highest BCUT2D eigenvalue weighted by atomic mass is 32.2. The number of hydrogen-bond donors (Lipinski definition) is 2. The number of carbonyl (C=O) groups is 3. The highest BCUT2D eigenvalue weighted by Gasteiger charge is 2.22. The Kier molecular flexibility index (Phi) is 7.80. The van der Waals surface area contributed by atoms with Gasteiger partial charge < -0.3 is 10.1 Å². The minimum absolute atomic E-state index is 0.000198. The molecule has 1 aromatic heterocycles. The molecule has 1 aliphatic rings. The lowest BCUT2D eigenvalue weighted by atomic mass is 9.95. The minimum atomic E-state index is -4.24. The van der Waals surface area contributed by atoms with Crippen LogP contribution in [0.15, 0.2) is 47.5 Å². The average molecular weight is 474 g/mol. The van der Waals surface area contributed by atoms with Gasteiger partial charge in [-0.25, -0.2) is 22.9 Å². The zero-order valence-corrected chi connectivity index (χ0v) is 19.4. The molecule has 2 aromatic rings. The van der Waals surface area contributed by atoms with Gasteiger partial charge in [0.1, 0.15) is 5.69 Å². The maximum atomic E-state index is 12.7. The molecule has 0 aliphatic heterocycles. The Morgan fingerprint density at radius 3 is 2.36 bits per heavy atom. The van der Waals surface area contributed by atoms with Crippen molar-refractivity contribution in [2.24, 2.45) is 0 Å². The molecule has 10 heteroatoms. The quantitative estimate of drug-likeness (QED) is 0.591. The summed E-state index contributed by atoms with van der Waals surface area (Å²) in [4.78, 5) is 40.5. The van der Waals surface area contributed by atoms with Gasteiger partial charge in [-0.1, -0.05) is 25.3 Å². The molecule has 0 spiro atoms. The van der Waals surface area contributed by atoms with Gasteiger partial charge in [-0.15, -0.1) is 0 Å². The Balaban J connectivity index is 1.68. The molecule has 0 radical (unpaired) electrons. The van der Waals surface area contributed by atoms with E-state index in [1.54, 1.807) is 13.8 Å². The second-order valence-electron chi connectivity index (χ2n) is 8.16. The fourth-order valence-corrected chi connectivity index (χ4v) is 4.50. The molecule has 0 bridgehead atoms. The molecule has 1 aromatic carbocycles. The van der Waals surface area contributed by atoms with Crippen molar-refractivity contribution in [3.8, 4) is 0 Å². The summed E-state index contributed by atoms with van der Waals surface area (Å²) < 4.78 is 32.4. The van der Waals surface area contributed by atoms with E-state index in [2.05, 4.69) is 10.3 Å². The smallest absolute Gasteiger partial charge is 0.357 e. The molecule has 0 atom stereocenters. The van der Waals surface area contributed by atoms with Crippen LogP contribution in [0.3, 0.4) is 0 Å². The first kappa shape index (κ1) is 24.4. The SMILES string of the molecule is CC(C)OC(=O)c1ccc(C(=O)NS(=O)(=O)c2cccc(C(=O)NC3CCCCC3)c2)cn1. The number of aromatic nitrogens is 1. The second-order valence-corrected chi connectivity index (χ2v) is 9.84. The normalized spacial score (nSPS) is 14.5. The molecule has 33 heavy (non-hydrogen) atoms. The Bertz CT molecular complexity index is 1120. The molecule has 9 nitrogen and oxygen atoms in total. The van der Waals surface area contributed by atoms with Crippen molar-refractivity contribution < 1.29 is 27.5 Å². The molecule has 1 fully saturated rings. The molecule has 176 valence electrons. The van der Waals surface area contributed by atoms with Crippen LogP contribution in [-0.4, -0.2) is 43.3 Å². The topological polar surface area (TPSA) is 132 Å². The summed E-state index contributed by atoms with van der Waals surface area (Å²) in [6, 6.07) is 8.15. The lowest BCUT2D eigenvalue weighted by molar-refractivity contribution is 0.0370. The Morgan fingerprint density at radius 1 is 1.00 bits per heavy atom. The molecule has 2 N–H and O–H groups in total. The van der Waals surface area contributed by atoms with Gasteiger partial charge in [-0.05, 0) is 57.0 Å². The van der Waals surface area contributed by atoms with Crippen molar-refractivity contribution in [2.45, 2.75) is 63.0 Å². The molecule has 2 amide bonds. The van der Waals surface area contributed by atoms with Crippen LogP contribution in [0.2, 0.25) is 0 Å². The van der Waals surface area contributed by atoms with Gasteiger partial charge in [0.15, 0.2) is 0 Å². The minimum Gasteiger partial charge on any atom is -0.458 e. The van der Waals surface area contributed by atoms with Crippen LogP contribution in [0.5, 0.6) is 0 Å². The van der Waals surface area contributed by atoms with E-state index in [1.807, 2.05) is 4.72 Å². The van der Waals surface area contributed by atoms with E-state index in [-0.39, 0.29) is 39.8 Å². The lowest BCUT2D eigenvalue weighted by Gasteiger charge is -2.22. The van der Waals surface area contributed by atoms with Crippen LogP contribution in [0, 0.1) is 0 Å². The van der Waals surface area contributed by atoms with Crippen LogP contribution in [0.1, 0.15) is 77.2 Å². The number of sulfonamides is 1. The predicted molar refractivity (Wildman–Crippen MR) is 120 cm³/mol. The van der Waals surface area contributed by atoms with E-state index in [1.165, 1.54) is 36.4 Å². The van der Waals surface area contributed by atoms with Crippen LogP contribution in [0.25, 0.3) is 0 Å². The van der Waals surface area contributed by atoms with Crippen LogP contribution < -0.4 is 10.0 Å². The van der Waals surface area contributed by atoms with Crippen molar-refractivity contribution in [3.05, 3.63) is 59.4 Å². The van der Waals surface area contributed by atoms with Crippen molar-refractivity contribution >= 4 is 27.8 Å². The summed E-state index contributed by atoms with van der Waals surface area (Å²) in [5, 5.41) is 2.94. The first-order valence-corrected chi connectivity index (χ1v) is 12.3. The van der Waals surface area contributed by atoms with Gasteiger partial charge in [-0.2, -0.15) is 0 Å². The Hall–Kier alpha value is -3.27. The standard InChI is InChI=1S/C23H27N3O6S/c1-15(2)32-23(29)20-12-11-17(14-24-20)22(28)26-33(30,31)19-10-6-7-16(13-19)21(27)25-18-8-4-3-5-9-18/h6-7,10-15,18H,3-5,8-9H2,1-2H3,(H,25,27)(H,26,28). The summed E-state index contributed by atoms with van der Waals surface area (Å²) >= 11 is 0. The summed E-state index contributed by atoms with van der Waals surface area (Å²) in [7, 11) is -4.24. The number of pyridine rings is 1. The third-order valence-corrected chi connectivity index (χ3v) is 6.48. The van der Waals surface area contributed by atoms with Crippen molar-refractivity contribution in [1.29, 1.82) is 0 Å². The number of esters is 1. The number of carbonyl (C=O) groups excluding carboxylic acids is 3. The number of rotatable bonds is 7. The van der Waals surface area contributed by atoms with Gasteiger partial charge in [0.2, 0.25) is 0 Å². The van der Waals surface area contributed by atoms with E-state index in [0.717, 1.165) is 38.3 Å². The number of ether oxygens (including phenoxy) is 1. The summed E-state index contributed by atoms with van der Waals surface area (Å²) in [6.07, 6.45) is 5.84. The average Bonchev–Trinajstić information content (AvgIpc) is 2.79. The molecular formula is C23H27N3O6S. The van der Waals surface area contributed by atoms with E-state index >= 15 is 0 Å². The summed E-state index contributed by atoms with van der Waals surface area (Å²) in [5.41, 5.74) is 0.149. The summed E-state index contributed by atoms with van der Waals surface area (Å²) in [6.45, 7) is 3.39. The molecule has 1 aliphatic carbocycles. The van der Waals surface area contributed by atoms with E-state index in [4.69, 9.17) is 4.74 Å². The van der Waals surface area contributed by atoms with Crippen LogP contribution in [-0.2, 0) is 14.8 Å². The van der Waals surface area contributed by atoms with E-state index in [9.17, 15) is 22.8 Å². The van der Waals surface area contributed by atoms with E-state index < -0.39 is 21.9 Å². The molecule has 1 saturated carbocycles. The monoisotopic (exact) mass is 473 g/mol. The Morgan fingerprint density at radius 2 is 1.73 bits per heavy atom. The van der Waals surface area contributed by atoms with E-state index in [0.29, 0.717) is 0 Å². The van der Waals surface area contributed by atoms with Gasteiger partial charge in [0.05, 0.1) is 16.6 Å². The molecular weight excluding hydrogens is 446 g/mol. The third kappa shape index (κ3) is 6.61. The number of nitrogens with one attached hydrogen (secondary N) is 2. The third-order valence-electron chi connectivity index (χ3n) is 5.15. The number of nitrogens with zero attached hydrogens (tertiary/aromatic N) is 1. The Labute approximate surface area is 193 Å². The van der Waals surface area contributed by atoms with Crippen LogP contribution in [0.4, 0.5) is 0 Å². The van der Waals surface area contributed by atoms with Gasteiger partial charge >= 0.3 is 5.97 Å². The number of benzene rings is 1. The maximum Gasteiger partial charge on any atom is 0.357 e. The van der Waals surface area contributed by atoms with Gasteiger partial charge in [0.25, 0.3) is 21.8 Å². The zero-order chi connectivity index (χ0) is 24.0. The first-order chi connectivity index (χ1) is 15.7. The fourth-order valence-electron chi connectivity index (χ4n) is 3.48.